The predicted octanol–water partition coefficient (Wildman–Crippen LogP) is 4.94. The van der Waals surface area contributed by atoms with E-state index in [1.807, 2.05) is 67.2 Å². The molecule has 0 fully saturated rings. The molecule has 0 radical (unpaired) electrons. The fraction of sp³-hybridized carbons (Fsp3) is 0.360. The number of hydrogen-bond donors (Lipinski definition) is 1. The zero-order chi connectivity index (χ0) is 21.9. The summed E-state index contributed by atoms with van der Waals surface area (Å²) in [4.78, 5) is 12.2. The SMILES string of the molecule is Cc1nn(C)c(C)c1Cc1ccc(NC(=O)COc2ccc(C(C)(C)C)cc2)cc1. The average Bonchev–Trinajstić information content (AvgIpc) is 2.93. The first-order valence-electron chi connectivity index (χ1n) is 10.2. The van der Waals surface area contributed by atoms with Gasteiger partial charge in [-0.2, -0.15) is 5.10 Å². The molecule has 0 atom stereocenters. The summed E-state index contributed by atoms with van der Waals surface area (Å²) < 4.78 is 7.53. The molecule has 1 N–H and O–H groups in total. The van der Waals surface area contributed by atoms with Gasteiger partial charge in [-0.25, -0.2) is 0 Å². The molecule has 0 saturated carbocycles. The molecule has 1 aromatic heterocycles. The Morgan fingerprint density at radius 3 is 2.20 bits per heavy atom. The molecular formula is C25H31N3O2. The second-order valence-electron chi connectivity index (χ2n) is 8.76. The lowest BCUT2D eigenvalue weighted by Crippen LogP contribution is -2.20. The van der Waals surface area contributed by atoms with Gasteiger partial charge >= 0.3 is 0 Å². The molecule has 5 heteroatoms. The van der Waals surface area contributed by atoms with Crippen molar-refractivity contribution in [2.75, 3.05) is 11.9 Å². The molecule has 0 unspecified atom stereocenters. The molecule has 3 aromatic rings. The average molecular weight is 406 g/mol. The number of aromatic nitrogens is 2. The molecule has 0 bridgehead atoms. The first-order valence-corrected chi connectivity index (χ1v) is 10.2. The minimum absolute atomic E-state index is 0.0231. The van der Waals surface area contributed by atoms with Gasteiger partial charge in [0.1, 0.15) is 5.75 Å². The summed E-state index contributed by atoms with van der Waals surface area (Å²) in [6.45, 7) is 10.6. The Hall–Kier alpha value is -3.08. The summed E-state index contributed by atoms with van der Waals surface area (Å²) in [6, 6.07) is 15.8. The second kappa shape index (κ2) is 8.74. The van der Waals surface area contributed by atoms with Crippen LogP contribution in [0.25, 0.3) is 0 Å². The fourth-order valence-electron chi connectivity index (χ4n) is 3.38. The van der Waals surface area contributed by atoms with E-state index in [9.17, 15) is 4.79 Å². The Morgan fingerprint density at radius 1 is 1.03 bits per heavy atom. The molecule has 0 spiro atoms. The zero-order valence-electron chi connectivity index (χ0n) is 18.7. The molecule has 158 valence electrons. The van der Waals surface area contributed by atoms with Gasteiger partial charge < -0.3 is 10.1 Å². The van der Waals surface area contributed by atoms with E-state index >= 15 is 0 Å². The van der Waals surface area contributed by atoms with Crippen LogP contribution in [-0.2, 0) is 23.7 Å². The first-order chi connectivity index (χ1) is 14.1. The maximum atomic E-state index is 12.2. The highest BCUT2D eigenvalue weighted by molar-refractivity contribution is 5.91. The van der Waals surface area contributed by atoms with Gasteiger partial charge in [-0.15, -0.1) is 0 Å². The number of carbonyl (C=O) groups is 1. The lowest BCUT2D eigenvalue weighted by Gasteiger charge is -2.19. The Bertz CT molecular complexity index is 1010. The highest BCUT2D eigenvalue weighted by atomic mass is 16.5. The van der Waals surface area contributed by atoms with E-state index in [0.717, 1.165) is 17.8 Å². The summed E-state index contributed by atoms with van der Waals surface area (Å²) in [5, 5.41) is 7.36. The van der Waals surface area contributed by atoms with E-state index in [1.54, 1.807) is 0 Å². The molecule has 0 saturated heterocycles. The number of aryl methyl sites for hydroxylation is 2. The van der Waals surface area contributed by atoms with Gasteiger partial charge in [0.05, 0.1) is 5.69 Å². The molecule has 3 rings (SSSR count). The maximum absolute atomic E-state index is 12.2. The molecule has 2 aromatic carbocycles. The lowest BCUT2D eigenvalue weighted by molar-refractivity contribution is -0.118. The summed E-state index contributed by atoms with van der Waals surface area (Å²) in [5.74, 6) is 0.511. The molecule has 0 aliphatic heterocycles. The number of benzene rings is 2. The van der Waals surface area contributed by atoms with Crippen LogP contribution in [-0.4, -0.2) is 22.3 Å². The van der Waals surface area contributed by atoms with Gasteiger partial charge in [-0.05, 0) is 54.7 Å². The van der Waals surface area contributed by atoms with Gasteiger partial charge in [-0.3, -0.25) is 9.48 Å². The molecule has 0 aliphatic rings. The normalized spacial score (nSPS) is 11.4. The van der Waals surface area contributed by atoms with E-state index < -0.39 is 0 Å². The van der Waals surface area contributed by atoms with Crippen LogP contribution in [0.15, 0.2) is 48.5 Å². The number of hydrogen-bond acceptors (Lipinski definition) is 3. The summed E-state index contributed by atoms with van der Waals surface area (Å²) in [5.41, 5.74) is 6.75. The number of nitrogens with zero attached hydrogens (tertiary/aromatic N) is 2. The monoisotopic (exact) mass is 405 g/mol. The number of carbonyl (C=O) groups excluding carboxylic acids is 1. The van der Waals surface area contributed by atoms with Gasteiger partial charge in [0.2, 0.25) is 0 Å². The van der Waals surface area contributed by atoms with Crippen molar-refractivity contribution in [3.05, 3.63) is 76.6 Å². The number of ether oxygens (including phenoxy) is 1. The minimum Gasteiger partial charge on any atom is -0.484 e. The standard InChI is InChI=1S/C25H31N3O2/c1-17-23(18(2)28(6)27-17)15-19-7-11-21(12-8-19)26-24(29)16-30-22-13-9-20(10-14-22)25(3,4)5/h7-14H,15-16H2,1-6H3,(H,26,29). The minimum atomic E-state index is -0.179. The van der Waals surface area contributed by atoms with Crippen LogP contribution in [0.3, 0.4) is 0 Å². The molecule has 0 aliphatic carbocycles. The lowest BCUT2D eigenvalue weighted by atomic mass is 9.87. The van der Waals surface area contributed by atoms with E-state index in [1.165, 1.54) is 22.4 Å². The highest BCUT2D eigenvalue weighted by Gasteiger charge is 2.13. The Kier molecular flexibility index (Phi) is 6.30. The van der Waals surface area contributed by atoms with Crippen LogP contribution in [0.5, 0.6) is 5.75 Å². The van der Waals surface area contributed by atoms with Crippen molar-refractivity contribution in [2.24, 2.45) is 7.05 Å². The molecule has 1 amide bonds. The molecule has 30 heavy (non-hydrogen) atoms. The third-order valence-corrected chi connectivity index (χ3v) is 5.37. The number of amides is 1. The topological polar surface area (TPSA) is 56.2 Å². The Balaban J connectivity index is 1.53. The maximum Gasteiger partial charge on any atom is 0.262 e. The highest BCUT2D eigenvalue weighted by Crippen LogP contribution is 2.24. The summed E-state index contributed by atoms with van der Waals surface area (Å²) in [6.07, 6.45) is 0.827. The van der Waals surface area contributed by atoms with Crippen LogP contribution in [0.4, 0.5) is 5.69 Å². The quantitative estimate of drug-likeness (QED) is 0.632. The molecule has 1 heterocycles. The largest absolute Gasteiger partial charge is 0.484 e. The number of anilines is 1. The third-order valence-electron chi connectivity index (χ3n) is 5.37. The van der Waals surface area contributed by atoms with Crippen molar-refractivity contribution in [1.82, 2.24) is 9.78 Å². The van der Waals surface area contributed by atoms with E-state index in [0.29, 0.717) is 5.75 Å². The zero-order valence-corrected chi connectivity index (χ0v) is 18.7. The fourth-order valence-corrected chi connectivity index (χ4v) is 3.38. The van der Waals surface area contributed by atoms with Crippen molar-refractivity contribution in [1.29, 1.82) is 0 Å². The van der Waals surface area contributed by atoms with Gasteiger partial charge in [0.15, 0.2) is 6.61 Å². The summed E-state index contributed by atoms with van der Waals surface area (Å²) in [7, 11) is 1.96. The molecule has 5 nitrogen and oxygen atoms in total. The Labute approximate surface area is 179 Å². The third kappa shape index (κ3) is 5.29. The van der Waals surface area contributed by atoms with Crippen molar-refractivity contribution >= 4 is 11.6 Å². The van der Waals surface area contributed by atoms with E-state index in [2.05, 4.69) is 38.1 Å². The van der Waals surface area contributed by atoms with Gasteiger partial charge in [0, 0.05) is 30.4 Å². The smallest absolute Gasteiger partial charge is 0.262 e. The van der Waals surface area contributed by atoms with Crippen molar-refractivity contribution in [3.8, 4) is 5.75 Å². The van der Waals surface area contributed by atoms with Crippen LogP contribution in [0, 0.1) is 13.8 Å². The summed E-state index contributed by atoms with van der Waals surface area (Å²) >= 11 is 0. The number of nitrogens with one attached hydrogen (secondary N) is 1. The Morgan fingerprint density at radius 2 is 1.67 bits per heavy atom. The van der Waals surface area contributed by atoms with Crippen LogP contribution < -0.4 is 10.1 Å². The first kappa shape index (κ1) is 21.6. The molecular weight excluding hydrogens is 374 g/mol. The van der Waals surface area contributed by atoms with Crippen molar-refractivity contribution in [2.45, 2.75) is 46.5 Å². The van der Waals surface area contributed by atoms with E-state index in [-0.39, 0.29) is 17.9 Å². The second-order valence-corrected chi connectivity index (χ2v) is 8.76. The van der Waals surface area contributed by atoms with Gasteiger partial charge in [-0.1, -0.05) is 45.0 Å². The van der Waals surface area contributed by atoms with Crippen LogP contribution >= 0.6 is 0 Å². The van der Waals surface area contributed by atoms with Crippen molar-refractivity contribution in [3.63, 3.8) is 0 Å². The van der Waals surface area contributed by atoms with Crippen molar-refractivity contribution < 1.29 is 9.53 Å². The van der Waals surface area contributed by atoms with Crippen LogP contribution in [0.2, 0.25) is 0 Å². The van der Waals surface area contributed by atoms with Gasteiger partial charge in [0.25, 0.3) is 5.91 Å². The number of rotatable bonds is 6. The van der Waals surface area contributed by atoms with E-state index in [4.69, 9.17) is 4.74 Å². The predicted molar refractivity (Wildman–Crippen MR) is 121 cm³/mol. The van der Waals surface area contributed by atoms with Crippen LogP contribution in [0.1, 0.15) is 48.8 Å².